The Morgan fingerprint density at radius 1 is 0.804 bits per heavy atom. The van der Waals surface area contributed by atoms with Crippen molar-refractivity contribution in [3.05, 3.63) is 131 Å². The van der Waals surface area contributed by atoms with Crippen molar-refractivity contribution in [2.24, 2.45) is 0 Å². The molecular weight excluding hydrogens is 713 g/mol. The molecule has 56 heavy (non-hydrogen) atoms. The molecule has 2 aromatic heterocycles. The van der Waals surface area contributed by atoms with Crippen molar-refractivity contribution < 1.29 is 29.0 Å². The Bertz CT molecular complexity index is 2140. The van der Waals surface area contributed by atoms with Crippen molar-refractivity contribution in [2.45, 2.75) is 62.7 Å². The number of aromatic amines is 2. The van der Waals surface area contributed by atoms with Gasteiger partial charge < -0.3 is 34.9 Å². The van der Waals surface area contributed by atoms with E-state index in [1.807, 2.05) is 60.9 Å². The fraction of sp³-hybridized carbons (Fsp3) is 0.333. The van der Waals surface area contributed by atoms with Gasteiger partial charge >= 0.3 is 12.2 Å². The normalized spacial score (nSPS) is 17.7. The molecule has 2 aliphatic heterocycles. The summed E-state index contributed by atoms with van der Waals surface area (Å²) >= 11 is 0. The molecule has 0 radical (unpaired) electrons. The Balaban J connectivity index is 0.978. The Kier molecular flexibility index (Phi) is 11.4. The van der Waals surface area contributed by atoms with E-state index in [0.29, 0.717) is 36.5 Å². The number of hydrogen-bond donors (Lipinski definition) is 4. The number of rotatable bonds is 12. The lowest BCUT2D eigenvalue weighted by molar-refractivity contribution is -0.137. The van der Waals surface area contributed by atoms with Crippen LogP contribution in [0.3, 0.4) is 0 Å². The lowest BCUT2D eigenvalue weighted by atomic mass is 10.0. The van der Waals surface area contributed by atoms with E-state index in [4.69, 9.17) is 14.7 Å². The average Bonchev–Trinajstić information content (AvgIpc) is 4.07. The molecule has 7 rings (SSSR count). The number of carbonyl (C=O) groups excluding carboxylic acids is 3. The predicted octanol–water partition coefficient (Wildman–Crippen LogP) is 6.36. The SMILES string of the molecule is COC(=O)N[C@@H](C(=O)N1CCC[C@H]1c1nc(CCc2ccc(-c3c[nH]c([C@@H]4CCCN4C(=O)[C@@H](c4ccccc4)N(C)C(=O)O)n3)cc2)c[nH]1)c1ccccc1. The molecule has 3 aromatic carbocycles. The van der Waals surface area contributed by atoms with Gasteiger partial charge in [0.15, 0.2) is 0 Å². The van der Waals surface area contributed by atoms with Crippen molar-refractivity contribution in [1.82, 2.24) is 40.0 Å². The highest BCUT2D eigenvalue weighted by atomic mass is 16.5. The minimum Gasteiger partial charge on any atom is -0.465 e. The van der Waals surface area contributed by atoms with E-state index in [0.717, 1.165) is 65.3 Å². The fourth-order valence-electron chi connectivity index (χ4n) is 7.79. The number of aryl methyl sites for hydroxylation is 2. The van der Waals surface area contributed by atoms with Crippen LogP contribution >= 0.6 is 0 Å². The second-order valence-corrected chi connectivity index (χ2v) is 14.2. The second-order valence-electron chi connectivity index (χ2n) is 14.2. The number of carboxylic acid groups (broad SMARTS) is 1. The van der Waals surface area contributed by atoms with E-state index >= 15 is 0 Å². The number of hydrogen-bond acceptors (Lipinski definition) is 7. The zero-order valence-electron chi connectivity index (χ0n) is 31.4. The summed E-state index contributed by atoms with van der Waals surface area (Å²) in [5.41, 5.74) is 5.03. The first-order chi connectivity index (χ1) is 27.2. The van der Waals surface area contributed by atoms with E-state index in [1.54, 1.807) is 34.1 Å². The van der Waals surface area contributed by atoms with E-state index < -0.39 is 24.3 Å². The number of nitrogens with zero attached hydrogens (tertiary/aromatic N) is 5. The minimum absolute atomic E-state index is 0.208. The zero-order chi connectivity index (χ0) is 39.2. The molecule has 4 atom stereocenters. The number of aromatic nitrogens is 4. The number of H-pyrrole nitrogens is 2. The zero-order valence-corrected chi connectivity index (χ0v) is 31.4. The van der Waals surface area contributed by atoms with Crippen LogP contribution in [0, 0.1) is 0 Å². The number of alkyl carbamates (subject to hydrolysis) is 1. The first-order valence-electron chi connectivity index (χ1n) is 18.9. The molecule has 290 valence electrons. The molecule has 2 fully saturated rings. The Hall–Kier alpha value is -6.44. The van der Waals surface area contributed by atoms with Crippen LogP contribution in [0.15, 0.2) is 97.3 Å². The number of likely N-dealkylation sites (tertiary alicyclic amines) is 2. The number of likely N-dealkylation sites (N-methyl/N-ethyl adjacent to an activating group) is 1. The number of amides is 4. The van der Waals surface area contributed by atoms with Crippen molar-refractivity contribution in [3.63, 3.8) is 0 Å². The van der Waals surface area contributed by atoms with E-state index in [2.05, 4.69) is 27.4 Å². The predicted molar refractivity (Wildman–Crippen MR) is 207 cm³/mol. The summed E-state index contributed by atoms with van der Waals surface area (Å²) < 4.78 is 4.81. The highest BCUT2D eigenvalue weighted by Gasteiger charge is 2.40. The monoisotopic (exact) mass is 758 g/mol. The molecule has 5 aromatic rings. The van der Waals surface area contributed by atoms with Gasteiger partial charge in [-0.05, 0) is 55.2 Å². The fourth-order valence-corrected chi connectivity index (χ4v) is 7.79. The van der Waals surface area contributed by atoms with Gasteiger partial charge in [0.05, 0.1) is 30.6 Å². The van der Waals surface area contributed by atoms with Gasteiger partial charge in [-0.2, -0.15) is 0 Å². The Labute approximate surface area is 324 Å². The standard InChI is InChI=1S/C42H46N8O6/c1-48(42(54)55)36(30-13-7-4-8-14-30)40(52)50-24-10-16-34(50)38-44-26-32(46-38)28-20-17-27(18-21-28)19-22-31-25-43-37(45-31)33-15-9-23-49(33)39(51)35(47-41(53)56-2)29-11-5-3-6-12-29/h3-8,11-14,17-18,20-21,25-26,33-36H,9-10,15-16,19,22-24H2,1-2H3,(H,43,45)(H,44,46)(H,47,53)(H,54,55)/t33-,34-,35+,36+/m0/s1. The van der Waals surface area contributed by atoms with E-state index in [-0.39, 0.29) is 23.9 Å². The number of methoxy groups -OCH3 is 1. The first kappa shape index (κ1) is 37.9. The smallest absolute Gasteiger partial charge is 0.407 e. The molecule has 0 spiro atoms. The Morgan fingerprint density at radius 3 is 2.02 bits per heavy atom. The van der Waals surface area contributed by atoms with Gasteiger partial charge in [0, 0.05) is 38.1 Å². The molecular formula is C42H46N8O6. The average molecular weight is 759 g/mol. The molecule has 2 aliphatic rings. The summed E-state index contributed by atoms with van der Waals surface area (Å²) in [6.45, 7) is 1.08. The minimum atomic E-state index is -1.17. The first-order valence-corrected chi connectivity index (χ1v) is 18.9. The van der Waals surface area contributed by atoms with Gasteiger partial charge in [-0.3, -0.25) is 14.5 Å². The van der Waals surface area contributed by atoms with Crippen LogP contribution in [-0.4, -0.2) is 91.0 Å². The van der Waals surface area contributed by atoms with Gasteiger partial charge in [0.1, 0.15) is 23.7 Å². The largest absolute Gasteiger partial charge is 0.465 e. The molecule has 4 amide bonds. The third-order valence-corrected chi connectivity index (χ3v) is 10.7. The van der Waals surface area contributed by atoms with Crippen molar-refractivity contribution in [3.8, 4) is 11.3 Å². The van der Waals surface area contributed by atoms with Crippen LogP contribution in [0.5, 0.6) is 0 Å². The lowest BCUT2D eigenvalue weighted by Gasteiger charge is -2.32. The molecule has 0 aliphatic carbocycles. The quantitative estimate of drug-likeness (QED) is 0.114. The van der Waals surface area contributed by atoms with Gasteiger partial charge in [0.2, 0.25) is 0 Å². The summed E-state index contributed by atoms with van der Waals surface area (Å²) in [5.74, 6) is 0.924. The van der Waals surface area contributed by atoms with Crippen molar-refractivity contribution in [1.29, 1.82) is 0 Å². The molecule has 0 unspecified atom stereocenters. The molecule has 0 bridgehead atoms. The number of carbonyl (C=O) groups is 4. The maximum absolute atomic E-state index is 13.9. The van der Waals surface area contributed by atoms with Crippen LogP contribution < -0.4 is 5.32 Å². The van der Waals surface area contributed by atoms with Crippen LogP contribution in [0.4, 0.5) is 9.59 Å². The van der Waals surface area contributed by atoms with Gasteiger partial charge in [-0.25, -0.2) is 19.6 Å². The van der Waals surface area contributed by atoms with Crippen LogP contribution in [0.2, 0.25) is 0 Å². The summed E-state index contributed by atoms with van der Waals surface area (Å²) in [4.78, 5) is 72.8. The van der Waals surface area contributed by atoms with Crippen LogP contribution in [-0.2, 0) is 27.2 Å². The van der Waals surface area contributed by atoms with Gasteiger partial charge in [-0.1, -0.05) is 84.9 Å². The maximum atomic E-state index is 13.9. The molecule has 4 N–H and O–H groups in total. The second kappa shape index (κ2) is 16.9. The highest BCUT2D eigenvalue weighted by Crippen LogP contribution is 2.36. The Morgan fingerprint density at radius 2 is 1.39 bits per heavy atom. The lowest BCUT2D eigenvalue weighted by Crippen LogP contribution is -2.43. The number of imidazole rings is 2. The van der Waals surface area contributed by atoms with Crippen LogP contribution in [0.1, 0.15) is 83.9 Å². The third-order valence-electron chi connectivity index (χ3n) is 10.7. The molecule has 4 heterocycles. The van der Waals surface area contributed by atoms with E-state index in [9.17, 15) is 24.3 Å². The molecule has 14 heteroatoms. The third kappa shape index (κ3) is 8.14. The molecule has 14 nitrogen and oxygen atoms in total. The van der Waals surface area contributed by atoms with Gasteiger partial charge in [0.25, 0.3) is 11.8 Å². The maximum Gasteiger partial charge on any atom is 0.407 e. The molecule has 0 saturated carbocycles. The highest BCUT2D eigenvalue weighted by molar-refractivity contribution is 5.88. The molecule has 2 saturated heterocycles. The summed E-state index contributed by atoms with van der Waals surface area (Å²) in [7, 11) is 2.70. The summed E-state index contributed by atoms with van der Waals surface area (Å²) in [5, 5.41) is 12.5. The number of ether oxygens (including phenoxy) is 1. The topological polar surface area (TPSA) is 177 Å². The number of nitrogens with one attached hydrogen (secondary N) is 3. The van der Waals surface area contributed by atoms with Crippen molar-refractivity contribution >= 4 is 24.0 Å². The van der Waals surface area contributed by atoms with Gasteiger partial charge in [-0.15, -0.1) is 0 Å². The van der Waals surface area contributed by atoms with Crippen molar-refractivity contribution in [2.75, 3.05) is 27.2 Å². The van der Waals surface area contributed by atoms with Crippen LogP contribution in [0.25, 0.3) is 11.3 Å². The summed E-state index contributed by atoms with van der Waals surface area (Å²) in [6, 6.07) is 24.0. The number of benzene rings is 3. The van der Waals surface area contributed by atoms with E-state index in [1.165, 1.54) is 14.2 Å². The summed E-state index contributed by atoms with van der Waals surface area (Å²) in [6.07, 6.45) is 6.46.